The van der Waals surface area contributed by atoms with Crippen LogP contribution in [0.25, 0.3) is 0 Å². The van der Waals surface area contributed by atoms with E-state index < -0.39 is 0 Å². The Balaban J connectivity index is 1.99. The Kier molecular flexibility index (Phi) is 2.41. The van der Waals surface area contributed by atoms with Gasteiger partial charge in [0.2, 0.25) is 0 Å². The van der Waals surface area contributed by atoms with Crippen molar-refractivity contribution in [3.63, 3.8) is 0 Å². The van der Waals surface area contributed by atoms with Crippen LogP contribution >= 0.6 is 11.3 Å². The average molecular weight is 197 g/mol. The molecular formula is C10H15NOS. The summed E-state index contributed by atoms with van der Waals surface area (Å²) in [7, 11) is 0. The van der Waals surface area contributed by atoms with Gasteiger partial charge in [0, 0.05) is 16.8 Å². The van der Waals surface area contributed by atoms with Gasteiger partial charge in [0.1, 0.15) is 6.23 Å². The molecule has 0 radical (unpaired) electrons. The van der Waals surface area contributed by atoms with Crippen molar-refractivity contribution in [3.8, 4) is 0 Å². The molecule has 1 aromatic rings. The second-order valence-electron chi connectivity index (χ2n) is 4.25. The minimum Gasteiger partial charge on any atom is -0.358 e. The summed E-state index contributed by atoms with van der Waals surface area (Å²) in [6.45, 7) is 6.29. The van der Waals surface area contributed by atoms with Gasteiger partial charge in [-0.3, -0.25) is 5.32 Å². The molecule has 1 aliphatic rings. The fourth-order valence-corrected chi connectivity index (χ4v) is 2.16. The molecule has 0 amide bonds. The Hall–Kier alpha value is -0.380. The van der Waals surface area contributed by atoms with Gasteiger partial charge in [-0.2, -0.15) is 0 Å². The van der Waals surface area contributed by atoms with Crippen molar-refractivity contribution in [3.05, 3.63) is 22.4 Å². The molecule has 2 heterocycles. The predicted octanol–water partition coefficient (Wildman–Crippen LogP) is 2.39. The fourth-order valence-electron chi connectivity index (χ4n) is 1.41. The standard InChI is InChI=1S/C10H15NOS/c1-10(2)6-11-9(12-7-10)8-4-3-5-13-8/h3-5,9,11H,6-7H2,1-2H3. The molecule has 1 aliphatic heterocycles. The van der Waals surface area contributed by atoms with Gasteiger partial charge in [-0.15, -0.1) is 11.3 Å². The van der Waals surface area contributed by atoms with E-state index in [9.17, 15) is 0 Å². The van der Waals surface area contributed by atoms with Gasteiger partial charge >= 0.3 is 0 Å². The summed E-state index contributed by atoms with van der Waals surface area (Å²) in [4.78, 5) is 1.27. The summed E-state index contributed by atoms with van der Waals surface area (Å²) in [5.74, 6) is 0. The van der Waals surface area contributed by atoms with E-state index in [1.165, 1.54) is 4.88 Å². The Labute approximate surface area is 82.9 Å². The first-order valence-corrected chi connectivity index (χ1v) is 5.44. The van der Waals surface area contributed by atoms with E-state index in [1.54, 1.807) is 11.3 Å². The molecule has 0 bridgehead atoms. The molecule has 0 spiro atoms. The Morgan fingerprint density at radius 3 is 3.00 bits per heavy atom. The van der Waals surface area contributed by atoms with E-state index in [-0.39, 0.29) is 11.6 Å². The number of hydrogen-bond acceptors (Lipinski definition) is 3. The van der Waals surface area contributed by atoms with E-state index in [2.05, 4.69) is 36.7 Å². The molecule has 2 nitrogen and oxygen atoms in total. The van der Waals surface area contributed by atoms with Crippen LogP contribution in [-0.2, 0) is 4.74 Å². The number of nitrogens with one attached hydrogen (secondary N) is 1. The van der Waals surface area contributed by atoms with Gasteiger partial charge < -0.3 is 4.74 Å². The highest BCUT2D eigenvalue weighted by Gasteiger charge is 2.27. The van der Waals surface area contributed by atoms with Crippen LogP contribution in [-0.4, -0.2) is 13.2 Å². The lowest BCUT2D eigenvalue weighted by molar-refractivity contribution is -0.0577. The lowest BCUT2D eigenvalue weighted by atomic mass is 9.93. The molecule has 3 heteroatoms. The summed E-state index contributed by atoms with van der Waals surface area (Å²) < 4.78 is 5.74. The zero-order valence-electron chi connectivity index (χ0n) is 8.04. The van der Waals surface area contributed by atoms with Crippen LogP contribution in [0.2, 0.25) is 0 Å². The average Bonchev–Trinajstić information content (AvgIpc) is 2.56. The zero-order valence-corrected chi connectivity index (χ0v) is 8.86. The maximum absolute atomic E-state index is 5.74. The number of thiophene rings is 1. The van der Waals surface area contributed by atoms with Crippen molar-refractivity contribution < 1.29 is 4.74 Å². The van der Waals surface area contributed by atoms with Crippen molar-refractivity contribution in [2.45, 2.75) is 20.1 Å². The van der Waals surface area contributed by atoms with Crippen molar-refractivity contribution in [1.82, 2.24) is 5.32 Å². The Bertz CT molecular complexity index is 258. The second kappa shape index (κ2) is 3.40. The van der Waals surface area contributed by atoms with Gasteiger partial charge in [0.25, 0.3) is 0 Å². The minimum atomic E-state index is 0.119. The van der Waals surface area contributed by atoms with E-state index in [0.29, 0.717) is 0 Å². The highest BCUT2D eigenvalue weighted by Crippen LogP contribution is 2.28. The molecule has 13 heavy (non-hydrogen) atoms. The fraction of sp³-hybridized carbons (Fsp3) is 0.600. The van der Waals surface area contributed by atoms with Crippen LogP contribution in [0, 0.1) is 5.41 Å². The van der Waals surface area contributed by atoms with Gasteiger partial charge in [-0.05, 0) is 11.4 Å². The lowest BCUT2D eigenvalue weighted by Crippen LogP contribution is -2.42. The molecule has 72 valence electrons. The van der Waals surface area contributed by atoms with Crippen LogP contribution in [0.3, 0.4) is 0 Å². The first-order valence-electron chi connectivity index (χ1n) is 4.56. The molecule has 1 fully saturated rings. The largest absolute Gasteiger partial charge is 0.358 e. The van der Waals surface area contributed by atoms with Gasteiger partial charge in [0.05, 0.1) is 6.61 Å². The van der Waals surface area contributed by atoms with Crippen LogP contribution in [0.1, 0.15) is 25.0 Å². The molecule has 1 unspecified atom stereocenters. The lowest BCUT2D eigenvalue weighted by Gasteiger charge is -2.35. The topological polar surface area (TPSA) is 21.3 Å². The highest BCUT2D eigenvalue weighted by molar-refractivity contribution is 7.10. The molecular weight excluding hydrogens is 182 g/mol. The van der Waals surface area contributed by atoms with E-state index in [1.807, 2.05) is 0 Å². The molecule has 1 atom stereocenters. The molecule has 0 saturated carbocycles. The zero-order chi connectivity index (χ0) is 9.31. The number of rotatable bonds is 1. The van der Waals surface area contributed by atoms with Gasteiger partial charge in [-0.1, -0.05) is 19.9 Å². The van der Waals surface area contributed by atoms with Crippen LogP contribution in [0.15, 0.2) is 17.5 Å². The van der Waals surface area contributed by atoms with E-state index in [4.69, 9.17) is 4.74 Å². The van der Waals surface area contributed by atoms with Crippen LogP contribution < -0.4 is 5.32 Å². The van der Waals surface area contributed by atoms with Crippen molar-refractivity contribution in [1.29, 1.82) is 0 Å². The minimum absolute atomic E-state index is 0.119. The third-order valence-corrected chi connectivity index (χ3v) is 3.12. The third kappa shape index (κ3) is 2.10. The monoisotopic (exact) mass is 197 g/mol. The second-order valence-corrected chi connectivity index (χ2v) is 5.23. The summed E-state index contributed by atoms with van der Waals surface area (Å²) in [6.07, 6.45) is 0.119. The maximum Gasteiger partial charge on any atom is 0.143 e. The summed E-state index contributed by atoms with van der Waals surface area (Å²) in [5.41, 5.74) is 0.272. The molecule has 0 aromatic carbocycles. The number of hydrogen-bond donors (Lipinski definition) is 1. The van der Waals surface area contributed by atoms with Crippen LogP contribution in [0.4, 0.5) is 0 Å². The van der Waals surface area contributed by atoms with Crippen LogP contribution in [0.5, 0.6) is 0 Å². The summed E-state index contributed by atoms with van der Waals surface area (Å²) >= 11 is 1.74. The number of ether oxygens (including phenoxy) is 1. The smallest absolute Gasteiger partial charge is 0.143 e. The van der Waals surface area contributed by atoms with Crippen molar-refractivity contribution in [2.75, 3.05) is 13.2 Å². The van der Waals surface area contributed by atoms with Crippen molar-refractivity contribution in [2.24, 2.45) is 5.41 Å². The van der Waals surface area contributed by atoms with E-state index in [0.717, 1.165) is 13.2 Å². The summed E-state index contributed by atoms with van der Waals surface area (Å²) in [6, 6.07) is 4.17. The Morgan fingerprint density at radius 1 is 1.62 bits per heavy atom. The first kappa shape index (κ1) is 9.19. The molecule has 1 aromatic heterocycles. The SMILES string of the molecule is CC1(C)CNC(c2cccs2)OC1. The molecule has 1 saturated heterocycles. The van der Waals surface area contributed by atoms with Crippen molar-refractivity contribution >= 4 is 11.3 Å². The summed E-state index contributed by atoms with van der Waals surface area (Å²) in [5, 5.41) is 5.48. The molecule has 1 N–H and O–H groups in total. The molecule has 0 aliphatic carbocycles. The quantitative estimate of drug-likeness (QED) is 0.746. The first-order chi connectivity index (χ1) is 6.17. The predicted molar refractivity (Wildman–Crippen MR) is 54.8 cm³/mol. The van der Waals surface area contributed by atoms with E-state index >= 15 is 0 Å². The normalized spacial score (nSPS) is 27.4. The van der Waals surface area contributed by atoms with Gasteiger partial charge in [-0.25, -0.2) is 0 Å². The molecule has 2 rings (SSSR count). The highest BCUT2D eigenvalue weighted by atomic mass is 32.1. The Morgan fingerprint density at radius 2 is 2.46 bits per heavy atom. The maximum atomic E-state index is 5.74. The van der Waals surface area contributed by atoms with Gasteiger partial charge in [0.15, 0.2) is 0 Å². The third-order valence-electron chi connectivity index (χ3n) is 2.21.